The number of ether oxygens (including phenoxy) is 1. The zero-order valence-corrected chi connectivity index (χ0v) is 11.1. The molecule has 1 saturated heterocycles. The summed E-state index contributed by atoms with van der Waals surface area (Å²) in [5.41, 5.74) is -0.0128. The van der Waals surface area contributed by atoms with Crippen molar-refractivity contribution in [3.05, 3.63) is 0 Å². The van der Waals surface area contributed by atoms with Crippen LogP contribution in [0.5, 0.6) is 0 Å². The van der Waals surface area contributed by atoms with Gasteiger partial charge in [0.2, 0.25) is 0 Å². The zero-order chi connectivity index (χ0) is 11.3. The van der Waals surface area contributed by atoms with Crippen LogP contribution in [0.15, 0.2) is 0 Å². The third kappa shape index (κ3) is 2.30. The maximum absolute atomic E-state index is 11.8. The maximum Gasteiger partial charge on any atom is 0.410 e. The van der Waals surface area contributed by atoms with E-state index in [9.17, 15) is 4.79 Å². The van der Waals surface area contributed by atoms with Gasteiger partial charge < -0.3 is 9.64 Å². The van der Waals surface area contributed by atoms with Gasteiger partial charge in [-0.3, -0.25) is 0 Å². The lowest BCUT2D eigenvalue weighted by Gasteiger charge is -2.24. The average molecular weight is 276 g/mol. The van der Waals surface area contributed by atoms with E-state index < -0.39 is 0 Å². The second kappa shape index (κ2) is 3.37. The molecule has 0 N–H and O–H groups in total. The van der Waals surface area contributed by atoms with Gasteiger partial charge in [0.05, 0.1) is 0 Å². The van der Waals surface area contributed by atoms with Gasteiger partial charge in [-0.05, 0) is 33.6 Å². The van der Waals surface area contributed by atoms with E-state index in [1.165, 1.54) is 6.42 Å². The molecule has 1 aliphatic carbocycles. The maximum atomic E-state index is 11.8. The van der Waals surface area contributed by atoms with Crippen molar-refractivity contribution in [1.82, 2.24) is 4.90 Å². The topological polar surface area (TPSA) is 29.5 Å². The molecule has 2 atom stereocenters. The Hall–Kier alpha value is -0.250. The van der Waals surface area contributed by atoms with Crippen molar-refractivity contribution < 1.29 is 9.53 Å². The number of amides is 1. The fourth-order valence-electron chi connectivity index (χ4n) is 2.10. The van der Waals surface area contributed by atoms with E-state index in [1.807, 2.05) is 25.7 Å². The number of hydrogen-bond donors (Lipinski definition) is 0. The van der Waals surface area contributed by atoms with E-state index in [2.05, 4.69) is 15.9 Å². The molecule has 1 heterocycles. The van der Waals surface area contributed by atoms with Crippen LogP contribution in [0.2, 0.25) is 0 Å². The largest absolute Gasteiger partial charge is 0.444 e. The lowest BCUT2D eigenvalue weighted by molar-refractivity contribution is 0.0286. The Morgan fingerprint density at radius 3 is 2.53 bits per heavy atom. The summed E-state index contributed by atoms with van der Waals surface area (Å²) < 4.78 is 5.35. The van der Waals surface area contributed by atoms with E-state index in [-0.39, 0.29) is 11.7 Å². The van der Waals surface area contributed by atoms with Gasteiger partial charge in [-0.1, -0.05) is 15.9 Å². The minimum absolute atomic E-state index is 0.161. The van der Waals surface area contributed by atoms with Crippen LogP contribution >= 0.6 is 15.9 Å². The monoisotopic (exact) mass is 275 g/mol. The molecule has 0 bridgehead atoms. The molecule has 3 nitrogen and oxygen atoms in total. The molecular weight excluding hydrogens is 258 g/mol. The molecular formula is C11H18BrNO2. The van der Waals surface area contributed by atoms with Crippen LogP contribution in [0.25, 0.3) is 0 Å². The van der Waals surface area contributed by atoms with Crippen molar-refractivity contribution in [3.63, 3.8) is 0 Å². The number of halogens is 1. The quantitative estimate of drug-likeness (QED) is 0.637. The van der Waals surface area contributed by atoms with Crippen LogP contribution in [-0.4, -0.2) is 34.5 Å². The first-order valence-electron chi connectivity index (χ1n) is 5.44. The number of nitrogens with zero attached hydrogens (tertiary/aromatic N) is 1. The standard InChI is InChI=1S/C11H18BrNO2/c1-10(2,3)15-9(14)13-5-4-11(7-13)6-8(11)12/h8H,4-7H2,1-3H3/t8-,11+/m0/s1. The normalized spacial score (nSPS) is 34.7. The number of carbonyl (C=O) groups is 1. The predicted octanol–water partition coefficient (Wildman–Crippen LogP) is 2.78. The van der Waals surface area contributed by atoms with Crippen molar-refractivity contribution in [1.29, 1.82) is 0 Å². The minimum atomic E-state index is -0.385. The van der Waals surface area contributed by atoms with E-state index in [0.29, 0.717) is 10.2 Å². The molecule has 0 aromatic heterocycles. The molecule has 0 aromatic rings. The van der Waals surface area contributed by atoms with Gasteiger partial charge >= 0.3 is 6.09 Å². The second-order valence-electron chi connectivity index (χ2n) is 5.69. The number of carbonyl (C=O) groups excluding carboxylic acids is 1. The van der Waals surface area contributed by atoms with Gasteiger partial charge in [-0.25, -0.2) is 4.79 Å². The molecule has 2 aliphatic rings. The van der Waals surface area contributed by atoms with Crippen LogP contribution in [-0.2, 0) is 4.74 Å². The summed E-state index contributed by atoms with van der Waals surface area (Å²) in [5.74, 6) is 0. The molecule has 15 heavy (non-hydrogen) atoms. The minimum Gasteiger partial charge on any atom is -0.444 e. The molecule has 0 radical (unpaired) electrons. The van der Waals surface area contributed by atoms with Crippen LogP contribution in [0.3, 0.4) is 0 Å². The third-order valence-electron chi connectivity index (χ3n) is 3.13. The zero-order valence-electron chi connectivity index (χ0n) is 9.55. The van der Waals surface area contributed by atoms with Gasteiger partial charge in [-0.2, -0.15) is 0 Å². The van der Waals surface area contributed by atoms with Crippen molar-refractivity contribution in [3.8, 4) is 0 Å². The van der Waals surface area contributed by atoms with Gasteiger partial charge in [0.1, 0.15) is 5.60 Å². The van der Waals surface area contributed by atoms with Crippen molar-refractivity contribution in [2.75, 3.05) is 13.1 Å². The van der Waals surface area contributed by atoms with E-state index in [0.717, 1.165) is 19.5 Å². The van der Waals surface area contributed by atoms with Gasteiger partial charge in [0, 0.05) is 23.3 Å². The number of hydrogen-bond acceptors (Lipinski definition) is 2. The van der Waals surface area contributed by atoms with Gasteiger partial charge in [0.25, 0.3) is 0 Å². The molecule has 4 heteroatoms. The van der Waals surface area contributed by atoms with Crippen molar-refractivity contribution >= 4 is 22.0 Å². The number of rotatable bonds is 0. The lowest BCUT2D eigenvalue weighted by atomic mass is 10.1. The van der Waals surface area contributed by atoms with Crippen LogP contribution in [0.1, 0.15) is 33.6 Å². The second-order valence-corrected chi connectivity index (χ2v) is 6.79. The Bertz CT molecular complexity index is 287. The highest BCUT2D eigenvalue weighted by Gasteiger charge is 2.57. The molecule has 0 aromatic carbocycles. The smallest absolute Gasteiger partial charge is 0.410 e. The SMILES string of the molecule is CC(C)(C)OC(=O)N1CC[C@@]2(C[C@@H]2Br)C1. The fraction of sp³-hybridized carbons (Fsp3) is 0.909. The van der Waals surface area contributed by atoms with Gasteiger partial charge in [-0.15, -0.1) is 0 Å². The Kier molecular flexibility index (Phi) is 2.53. The summed E-state index contributed by atoms with van der Waals surface area (Å²) in [4.78, 5) is 14.2. The molecule has 2 rings (SSSR count). The Morgan fingerprint density at radius 2 is 2.13 bits per heavy atom. The highest BCUT2D eigenvalue weighted by atomic mass is 79.9. The number of likely N-dealkylation sites (tertiary alicyclic amines) is 1. The Balaban J connectivity index is 1.89. The highest BCUT2D eigenvalue weighted by molar-refractivity contribution is 9.09. The molecule has 86 valence electrons. The molecule has 1 saturated carbocycles. The van der Waals surface area contributed by atoms with Crippen molar-refractivity contribution in [2.24, 2.45) is 5.41 Å². The summed E-state index contributed by atoms with van der Waals surface area (Å²) in [6.07, 6.45) is 2.15. The molecule has 0 unspecified atom stereocenters. The van der Waals surface area contributed by atoms with Crippen molar-refractivity contribution in [2.45, 2.75) is 44.0 Å². The van der Waals surface area contributed by atoms with E-state index >= 15 is 0 Å². The first kappa shape index (κ1) is 11.2. The first-order chi connectivity index (χ1) is 6.82. The Morgan fingerprint density at radius 1 is 1.53 bits per heavy atom. The lowest BCUT2D eigenvalue weighted by Crippen LogP contribution is -2.35. The van der Waals surface area contributed by atoms with Crippen LogP contribution in [0, 0.1) is 5.41 Å². The molecule has 1 aliphatic heterocycles. The fourth-order valence-corrected chi connectivity index (χ4v) is 3.12. The van der Waals surface area contributed by atoms with Crippen LogP contribution in [0.4, 0.5) is 4.79 Å². The van der Waals surface area contributed by atoms with E-state index in [1.54, 1.807) is 0 Å². The summed E-state index contributed by atoms with van der Waals surface area (Å²) in [6, 6.07) is 0. The average Bonchev–Trinajstić information content (AvgIpc) is 2.55. The van der Waals surface area contributed by atoms with Gasteiger partial charge in [0.15, 0.2) is 0 Å². The van der Waals surface area contributed by atoms with E-state index in [4.69, 9.17) is 4.74 Å². The summed E-state index contributed by atoms with van der Waals surface area (Å²) in [7, 11) is 0. The first-order valence-corrected chi connectivity index (χ1v) is 6.36. The predicted molar refractivity (Wildman–Crippen MR) is 62.2 cm³/mol. The summed E-state index contributed by atoms with van der Waals surface area (Å²) in [6.45, 7) is 7.41. The van der Waals surface area contributed by atoms with Crippen LogP contribution < -0.4 is 0 Å². The third-order valence-corrected chi connectivity index (χ3v) is 4.42. The summed E-state index contributed by atoms with van der Waals surface area (Å²) in [5, 5.41) is 0. The molecule has 1 spiro atoms. The highest BCUT2D eigenvalue weighted by Crippen LogP contribution is 2.57. The number of alkyl halides is 1. The Labute approximate surface area is 99.3 Å². The molecule has 1 amide bonds. The molecule has 2 fully saturated rings. The summed E-state index contributed by atoms with van der Waals surface area (Å²) >= 11 is 3.63.